The van der Waals surface area contributed by atoms with Crippen LogP contribution >= 0.6 is 0 Å². The first-order valence-electron chi connectivity index (χ1n) is 6.29. The van der Waals surface area contributed by atoms with Crippen LogP contribution in [0.4, 0.5) is 10.1 Å². The van der Waals surface area contributed by atoms with E-state index in [1.807, 2.05) is 6.92 Å². The van der Waals surface area contributed by atoms with E-state index in [1.54, 1.807) is 6.92 Å². The van der Waals surface area contributed by atoms with Gasteiger partial charge in [-0.1, -0.05) is 6.92 Å². The minimum atomic E-state index is -0.322. The molecule has 106 valence electrons. The van der Waals surface area contributed by atoms with E-state index in [1.165, 1.54) is 24.5 Å². The van der Waals surface area contributed by atoms with Gasteiger partial charge in [0, 0.05) is 0 Å². The van der Waals surface area contributed by atoms with Crippen LogP contribution in [-0.2, 0) is 0 Å². The average Bonchev–Trinajstić information content (AvgIpc) is 2.42. The number of halogens is 1. The molecule has 0 aliphatic rings. The third kappa shape index (κ3) is 3.14. The van der Waals surface area contributed by atoms with Gasteiger partial charge in [0.05, 0.1) is 6.61 Å². The summed E-state index contributed by atoms with van der Waals surface area (Å²) in [6.45, 7) is 4.23. The van der Waals surface area contributed by atoms with Crippen molar-refractivity contribution in [3.05, 3.63) is 35.9 Å². The number of hydrogen-bond acceptors (Lipinski definition) is 5. The van der Waals surface area contributed by atoms with Crippen molar-refractivity contribution in [2.45, 2.75) is 20.3 Å². The predicted molar refractivity (Wildman–Crippen MR) is 73.4 cm³/mol. The summed E-state index contributed by atoms with van der Waals surface area (Å²) in [7, 11) is 0. The van der Waals surface area contributed by atoms with Gasteiger partial charge in [0.2, 0.25) is 11.8 Å². The number of nitrogens with zero attached hydrogens (tertiary/aromatic N) is 2. The summed E-state index contributed by atoms with van der Waals surface area (Å²) in [5.74, 6) is 0.646. The van der Waals surface area contributed by atoms with Crippen LogP contribution < -0.4 is 15.2 Å². The monoisotopic (exact) mass is 277 g/mol. The van der Waals surface area contributed by atoms with Crippen LogP contribution in [0.15, 0.2) is 24.5 Å². The quantitative estimate of drug-likeness (QED) is 0.909. The first kappa shape index (κ1) is 14.0. The van der Waals surface area contributed by atoms with Crippen LogP contribution in [0.5, 0.6) is 17.5 Å². The molecule has 0 aliphatic heterocycles. The highest BCUT2D eigenvalue weighted by molar-refractivity contribution is 5.57. The Labute approximate surface area is 116 Å². The van der Waals surface area contributed by atoms with Gasteiger partial charge in [-0.2, -0.15) is 9.97 Å². The molecule has 0 saturated carbocycles. The highest BCUT2D eigenvalue weighted by Crippen LogP contribution is 2.32. The van der Waals surface area contributed by atoms with Crippen molar-refractivity contribution in [2.24, 2.45) is 0 Å². The molecule has 1 heterocycles. The van der Waals surface area contributed by atoms with E-state index in [0.717, 1.165) is 6.42 Å². The molecule has 0 atom stereocenters. The molecule has 0 radical (unpaired) electrons. The number of aryl methyl sites for hydroxylation is 1. The first-order chi connectivity index (χ1) is 9.61. The number of nitrogen functional groups attached to an aromatic ring is 1. The predicted octanol–water partition coefficient (Wildman–Crippen LogP) is 3.09. The molecule has 20 heavy (non-hydrogen) atoms. The second-order valence-electron chi connectivity index (χ2n) is 4.26. The van der Waals surface area contributed by atoms with Crippen molar-refractivity contribution in [1.29, 1.82) is 0 Å². The molecule has 2 rings (SSSR count). The summed E-state index contributed by atoms with van der Waals surface area (Å²) in [5.41, 5.74) is 6.78. The Morgan fingerprint density at radius 3 is 2.70 bits per heavy atom. The zero-order valence-corrected chi connectivity index (χ0v) is 11.4. The molecule has 0 fully saturated rings. The second-order valence-corrected chi connectivity index (χ2v) is 4.26. The van der Waals surface area contributed by atoms with E-state index < -0.39 is 0 Å². The Morgan fingerprint density at radius 1 is 1.25 bits per heavy atom. The first-order valence-corrected chi connectivity index (χ1v) is 6.29. The van der Waals surface area contributed by atoms with Crippen molar-refractivity contribution >= 4 is 5.69 Å². The molecule has 1 aromatic heterocycles. The number of anilines is 1. The Bertz CT molecular complexity index is 605. The Morgan fingerprint density at radius 2 is 2.00 bits per heavy atom. The minimum absolute atomic E-state index is 0.195. The van der Waals surface area contributed by atoms with E-state index in [9.17, 15) is 4.39 Å². The molecule has 2 aromatic rings. The zero-order chi connectivity index (χ0) is 14.5. The maximum absolute atomic E-state index is 13.0. The SMILES string of the molecule is CCCOc1ncnc(Oc2ccc(F)cc2C)c1N. The van der Waals surface area contributed by atoms with Crippen LogP contribution in [0.25, 0.3) is 0 Å². The number of aromatic nitrogens is 2. The number of benzene rings is 1. The van der Waals surface area contributed by atoms with Crippen molar-refractivity contribution in [3.8, 4) is 17.5 Å². The van der Waals surface area contributed by atoms with Gasteiger partial charge in [-0.15, -0.1) is 0 Å². The molecule has 0 bridgehead atoms. The number of hydrogen-bond donors (Lipinski definition) is 1. The molecule has 0 spiro atoms. The van der Waals surface area contributed by atoms with Gasteiger partial charge in [0.25, 0.3) is 0 Å². The Balaban J connectivity index is 2.24. The van der Waals surface area contributed by atoms with Gasteiger partial charge in [-0.05, 0) is 37.1 Å². The van der Waals surface area contributed by atoms with Gasteiger partial charge in [0.1, 0.15) is 17.9 Å². The van der Waals surface area contributed by atoms with Crippen molar-refractivity contribution in [2.75, 3.05) is 12.3 Å². The van der Waals surface area contributed by atoms with Crippen LogP contribution in [0.3, 0.4) is 0 Å². The maximum Gasteiger partial charge on any atom is 0.249 e. The number of rotatable bonds is 5. The summed E-state index contributed by atoms with van der Waals surface area (Å²) >= 11 is 0. The summed E-state index contributed by atoms with van der Waals surface area (Å²) < 4.78 is 24.0. The van der Waals surface area contributed by atoms with Gasteiger partial charge in [-0.3, -0.25) is 0 Å². The van der Waals surface area contributed by atoms with Crippen LogP contribution in [-0.4, -0.2) is 16.6 Å². The Hall–Kier alpha value is -2.37. The standard InChI is InChI=1S/C14H16FN3O2/c1-3-6-19-13-12(16)14(18-8-17-13)20-11-5-4-10(15)7-9(11)2/h4-5,7-8H,3,6,16H2,1-2H3. The summed E-state index contributed by atoms with van der Waals surface area (Å²) in [5, 5.41) is 0. The highest BCUT2D eigenvalue weighted by Gasteiger charge is 2.12. The maximum atomic E-state index is 13.0. The lowest BCUT2D eigenvalue weighted by Crippen LogP contribution is -2.04. The molecule has 0 amide bonds. The second kappa shape index (κ2) is 6.18. The number of ether oxygens (including phenoxy) is 2. The van der Waals surface area contributed by atoms with E-state index in [-0.39, 0.29) is 23.3 Å². The lowest BCUT2D eigenvalue weighted by Gasteiger charge is -2.12. The summed E-state index contributed by atoms with van der Waals surface area (Å²) in [4.78, 5) is 7.93. The van der Waals surface area contributed by atoms with Crippen molar-refractivity contribution < 1.29 is 13.9 Å². The summed E-state index contributed by atoms with van der Waals surface area (Å²) in [6.07, 6.45) is 2.16. The van der Waals surface area contributed by atoms with Crippen molar-refractivity contribution in [1.82, 2.24) is 9.97 Å². The molecular weight excluding hydrogens is 261 g/mol. The van der Waals surface area contributed by atoms with Crippen LogP contribution in [0, 0.1) is 12.7 Å². The minimum Gasteiger partial charge on any atom is -0.476 e. The van der Waals surface area contributed by atoms with E-state index in [2.05, 4.69) is 9.97 Å². The van der Waals surface area contributed by atoms with Crippen molar-refractivity contribution in [3.63, 3.8) is 0 Å². The van der Waals surface area contributed by atoms with Gasteiger partial charge < -0.3 is 15.2 Å². The normalized spacial score (nSPS) is 10.3. The zero-order valence-electron chi connectivity index (χ0n) is 11.4. The average molecular weight is 277 g/mol. The lowest BCUT2D eigenvalue weighted by atomic mass is 10.2. The Kier molecular flexibility index (Phi) is 4.34. The lowest BCUT2D eigenvalue weighted by molar-refractivity contribution is 0.304. The van der Waals surface area contributed by atoms with Crippen LogP contribution in [0.2, 0.25) is 0 Å². The molecule has 6 heteroatoms. The van der Waals surface area contributed by atoms with E-state index in [0.29, 0.717) is 17.9 Å². The molecule has 0 saturated heterocycles. The molecule has 2 N–H and O–H groups in total. The van der Waals surface area contributed by atoms with Gasteiger partial charge >= 0.3 is 0 Å². The molecule has 1 aromatic carbocycles. The fraction of sp³-hybridized carbons (Fsp3) is 0.286. The highest BCUT2D eigenvalue weighted by atomic mass is 19.1. The topological polar surface area (TPSA) is 70.3 Å². The fourth-order valence-corrected chi connectivity index (χ4v) is 1.59. The fourth-order valence-electron chi connectivity index (χ4n) is 1.59. The third-order valence-electron chi connectivity index (χ3n) is 2.60. The van der Waals surface area contributed by atoms with E-state index in [4.69, 9.17) is 15.2 Å². The molecule has 0 aliphatic carbocycles. The van der Waals surface area contributed by atoms with E-state index >= 15 is 0 Å². The van der Waals surface area contributed by atoms with Gasteiger partial charge in [-0.25, -0.2) is 4.39 Å². The van der Waals surface area contributed by atoms with Gasteiger partial charge in [0.15, 0.2) is 5.69 Å². The molecule has 0 unspecified atom stereocenters. The largest absolute Gasteiger partial charge is 0.476 e. The third-order valence-corrected chi connectivity index (χ3v) is 2.60. The van der Waals surface area contributed by atoms with Crippen LogP contribution in [0.1, 0.15) is 18.9 Å². The molecule has 5 nitrogen and oxygen atoms in total. The number of nitrogens with two attached hydrogens (primary N) is 1. The smallest absolute Gasteiger partial charge is 0.249 e. The molecular formula is C14H16FN3O2. The summed E-state index contributed by atoms with van der Waals surface area (Å²) in [6, 6.07) is 4.22.